The molecule has 0 saturated carbocycles. The maximum atomic E-state index is 12.4. The predicted molar refractivity (Wildman–Crippen MR) is 57.4 cm³/mol. The van der Waals surface area contributed by atoms with Crippen molar-refractivity contribution in [2.75, 3.05) is 0 Å². The van der Waals surface area contributed by atoms with Crippen molar-refractivity contribution >= 4 is 21.1 Å². The second-order valence-corrected chi connectivity index (χ2v) is 5.57. The van der Waals surface area contributed by atoms with E-state index < -0.39 is 15.5 Å². The first kappa shape index (κ1) is 12.8. The van der Waals surface area contributed by atoms with Gasteiger partial charge in [-0.15, -0.1) is 9.19 Å². The standard InChI is InChI=1S/C9H8F3N3O2S/c1-5-3-7-8(4-6(5)2)15(14-13-7)18(16,17)9(10,11)12/h3-4H,1-2H3. The number of benzene rings is 1. The first-order valence-corrected chi connectivity index (χ1v) is 6.23. The lowest BCUT2D eigenvalue weighted by Crippen LogP contribution is -2.30. The fourth-order valence-corrected chi connectivity index (χ4v) is 2.17. The lowest BCUT2D eigenvalue weighted by molar-refractivity contribution is -0.0448. The van der Waals surface area contributed by atoms with E-state index in [1.54, 1.807) is 13.8 Å². The molecule has 0 N–H and O–H groups in total. The minimum Gasteiger partial charge on any atom is -0.195 e. The van der Waals surface area contributed by atoms with Crippen molar-refractivity contribution in [2.24, 2.45) is 0 Å². The van der Waals surface area contributed by atoms with E-state index in [0.717, 1.165) is 5.56 Å². The molecule has 98 valence electrons. The number of nitrogens with zero attached hydrogens (tertiary/aromatic N) is 3. The van der Waals surface area contributed by atoms with Crippen molar-refractivity contribution in [2.45, 2.75) is 19.4 Å². The third-order valence-electron chi connectivity index (χ3n) is 2.55. The molecule has 1 aromatic carbocycles. The Morgan fingerprint density at radius 2 is 1.72 bits per heavy atom. The predicted octanol–water partition coefficient (Wildman–Crippen LogP) is 1.75. The summed E-state index contributed by atoms with van der Waals surface area (Å²) in [6.45, 7) is 3.40. The molecule has 0 spiro atoms. The van der Waals surface area contributed by atoms with Gasteiger partial charge in [0.05, 0.1) is 0 Å². The molecule has 0 atom stereocenters. The van der Waals surface area contributed by atoms with Gasteiger partial charge in [-0.3, -0.25) is 0 Å². The highest BCUT2D eigenvalue weighted by Gasteiger charge is 2.49. The van der Waals surface area contributed by atoms with Gasteiger partial charge < -0.3 is 0 Å². The molecule has 0 unspecified atom stereocenters. The number of rotatable bonds is 1. The molecule has 5 nitrogen and oxygen atoms in total. The first-order chi connectivity index (χ1) is 8.14. The minimum atomic E-state index is -5.55. The highest BCUT2D eigenvalue weighted by molar-refractivity contribution is 7.90. The van der Waals surface area contributed by atoms with E-state index in [2.05, 4.69) is 10.3 Å². The first-order valence-electron chi connectivity index (χ1n) is 4.79. The highest BCUT2D eigenvalue weighted by Crippen LogP contribution is 2.27. The van der Waals surface area contributed by atoms with Gasteiger partial charge in [0.2, 0.25) is 0 Å². The molecule has 1 heterocycles. The van der Waals surface area contributed by atoms with Gasteiger partial charge in [0.1, 0.15) is 11.0 Å². The van der Waals surface area contributed by atoms with E-state index in [1.807, 2.05) is 0 Å². The van der Waals surface area contributed by atoms with Crippen LogP contribution in [-0.2, 0) is 10.0 Å². The molecule has 2 rings (SSSR count). The van der Waals surface area contributed by atoms with Crippen LogP contribution in [0.1, 0.15) is 11.1 Å². The Kier molecular flexibility index (Phi) is 2.61. The molecule has 9 heteroatoms. The second-order valence-electron chi connectivity index (χ2n) is 3.81. The lowest BCUT2D eigenvalue weighted by Gasteiger charge is -2.08. The molecule has 1 aromatic heterocycles. The zero-order chi connectivity index (χ0) is 13.7. The summed E-state index contributed by atoms with van der Waals surface area (Å²) >= 11 is 0. The summed E-state index contributed by atoms with van der Waals surface area (Å²) in [4.78, 5) is 0. The number of alkyl halides is 3. The van der Waals surface area contributed by atoms with E-state index in [9.17, 15) is 21.6 Å². The summed E-state index contributed by atoms with van der Waals surface area (Å²) in [6.07, 6.45) is 0. The maximum absolute atomic E-state index is 12.4. The number of aromatic nitrogens is 3. The molecular weight excluding hydrogens is 271 g/mol. The van der Waals surface area contributed by atoms with Gasteiger partial charge in [-0.2, -0.15) is 21.6 Å². The molecule has 0 aliphatic carbocycles. The number of aryl methyl sites for hydroxylation is 2. The van der Waals surface area contributed by atoms with Crippen LogP contribution in [0.25, 0.3) is 11.0 Å². The second kappa shape index (κ2) is 3.67. The molecule has 0 saturated heterocycles. The Bertz CT molecular complexity index is 718. The summed E-state index contributed by atoms with van der Waals surface area (Å²) in [5.41, 5.74) is -4.05. The SMILES string of the molecule is Cc1cc2nnn(S(=O)(=O)C(F)(F)F)c2cc1C. The number of hydrogen-bond acceptors (Lipinski definition) is 4. The van der Waals surface area contributed by atoms with E-state index in [-0.39, 0.29) is 15.1 Å². The van der Waals surface area contributed by atoms with Crippen molar-refractivity contribution in [3.8, 4) is 0 Å². The molecule has 0 fully saturated rings. The summed E-state index contributed by atoms with van der Waals surface area (Å²) < 4.78 is 59.7. The van der Waals surface area contributed by atoms with E-state index in [0.29, 0.717) is 5.56 Å². The van der Waals surface area contributed by atoms with Gasteiger partial charge >= 0.3 is 15.5 Å². The third-order valence-corrected chi connectivity index (χ3v) is 3.86. The van der Waals surface area contributed by atoms with E-state index >= 15 is 0 Å². The Balaban J connectivity index is 2.79. The fraction of sp³-hybridized carbons (Fsp3) is 0.333. The van der Waals surface area contributed by atoms with Gasteiger partial charge in [0.25, 0.3) is 0 Å². The highest BCUT2D eigenvalue weighted by atomic mass is 32.2. The van der Waals surface area contributed by atoms with Gasteiger partial charge in [-0.25, -0.2) is 0 Å². The number of hydrogen-bond donors (Lipinski definition) is 0. The van der Waals surface area contributed by atoms with Crippen LogP contribution < -0.4 is 0 Å². The van der Waals surface area contributed by atoms with Crippen LogP contribution in [0.2, 0.25) is 0 Å². The lowest BCUT2D eigenvalue weighted by atomic mass is 10.1. The fourth-order valence-electron chi connectivity index (χ4n) is 1.43. The normalized spacial score (nSPS) is 13.2. The summed E-state index contributed by atoms with van der Waals surface area (Å²) in [5, 5.41) is 6.51. The number of halogens is 3. The van der Waals surface area contributed by atoms with Crippen molar-refractivity contribution in [1.82, 2.24) is 14.4 Å². The monoisotopic (exact) mass is 279 g/mol. The quantitative estimate of drug-likeness (QED) is 0.797. The van der Waals surface area contributed by atoms with Crippen LogP contribution in [0.3, 0.4) is 0 Å². The zero-order valence-corrected chi connectivity index (χ0v) is 10.2. The Labute approximate surface area is 100 Å². The van der Waals surface area contributed by atoms with Crippen molar-refractivity contribution in [3.05, 3.63) is 23.3 Å². The van der Waals surface area contributed by atoms with Gasteiger partial charge in [0, 0.05) is 0 Å². The van der Waals surface area contributed by atoms with Crippen molar-refractivity contribution in [1.29, 1.82) is 0 Å². The van der Waals surface area contributed by atoms with Gasteiger partial charge in [-0.1, -0.05) is 5.21 Å². The Morgan fingerprint density at radius 3 is 2.28 bits per heavy atom. The molecule has 2 aromatic rings. The summed E-state index contributed by atoms with van der Waals surface area (Å²) in [5.74, 6) is 0. The molecule has 0 amide bonds. The average Bonchev–Trinajstić information content (AvgIpc) is 2.60. The van der Waals surface area contributed by atoms with Crippen molar-refractivity contribution < 1.29 is 21.6 Å². The van der Waals surface area contributed by atoms with Gasteiger partial charge in [0.15, 0.2) is 0 Å². The van der Waals surface area contributed by atoms with Crippen LogP contribution in [0.5, 0.6) is 0 Å². The summed E-state index contributed by atoms with van der Waals surface area (Å²) in [7, 11) is -5.55. The minimum absolute atomic E-state index is 0.0885. The van der Waals surface area contributed by atoms with Crippen LogP contribution in [-0.4, -0.2) is 28.3 Å². The summed E-state index contributed by atoms with van der Waals surface area (Å²) in [6, 6.07) is 2.80. The van der Waals surface area contributed by atoms with Crippen LogP contribution in [0.15, 0.2) is 12.1 Å². The Morgan fingerprint density at radius 1 is 1.17 bits per heavy atom. The van der Waals surface area contributed by atoms with E-state index in [1.165, 1.54) is 12.1 Å². The van der Waals surface area contributed by atoms with Crippen LogP contribution >= 0.6 is 0 Å². The molecule has 0 bridgehead atoms. The number of fused-ring (bicyclic) bond motifs is 1. The zero-order valence-electron chi connectivity index (χ0n) is 9.35. The molecular formula is C9H8F3N3O2S. The van der Waals surface area contributed by atoms with E-state index in [4.69, 9.17) is 0 Å². The largest absolute Gasteiger partial charge is 0.518 e. The average molecular weight is 279 g/mol. The molecule has 0 aliphatic rings. The third kappa shape index (κ3) is 1.74. The maximum Gasteiger partial charge on any atom is 0.518 e. The molecule has 18 heavy (non-hydrogen) atoms. The molecule has 0 radical (unpaired) electrons. The van der Waals surface area contributed by atoms with Crippen LogP contribution in [0, 0.1) is 13.8 Å². The van der Waals surface area contributed by atoms with Crippen LogP contribution in [0.4, 0.5) is 13.2 Å². The topological polar surface area (TPSA) is 64.8 Å². The smallest absolute Gasteiger partial charge is 0.195 e. The molecule has 0 aliphatic heterocycles. The Hall–Kier alpha value is -1.64. The van der Waals surface area contributed by atoms with Crippen molar-refractivity contribution in [3.63, 3.8) is 0 Å². The van der Waals surface area contributed by atoms with Gasteiger partial charge in [-0.05, 0) is 37.1 Å².